The molecule has 0 heterocycles. The zero-order chi connectivity index (χ0) is 14.9. The van der Waals surface area contributed by atoms with Gasteiger partial charge in [-0.3, -0.25) is 0 Å². The molecule has 0 fully saturated rings. The fourth-order valence-corrected chi connectivity index (χ4v) is 2.22. The molecule has 0 amide bonds. The highest BCUT2D eigenvalue weighted by molar-refractivity contribution is 6.35. The zero-order valence-corrected chi connectivity index (χ0v) is 11.8. The molecule has 0 radical (unpaired) electrons. The van der Waals surface area contributed by atoms with Gasteiger partial charge in [0.05, 0.1) is 12.7 Å². The molecule has 0 bridgehead atoms. The molecule has 0 aliphatic rings. The van der Waals surface area contributed by atoms with E-state index in [1.807, 2.05) is 0 Å². The lowest BCUT2D eigenvalue weighted by Crippen LogP contribution is -2.07. The van der Waals surface area contributed by atoms with E-state index in [0.29, 0.717) is 5.02 Å². The monoisotopic (exact) mass is 320 g/mol. The van der Waals surface area contributed by atoms with Crippen molar-refractivity contribution in [2.75, 3.05) is 7.11 Å². The molecule has 0 spiro atoms. The van der Waals surface area contributed by atoms with Gasteiger partial charge in [0.15, 0.2) is 0 Å². The molecular weight excluding hydrogens is 312 g/mol. The lowest BCUT2D eigenvalue weighted by atomic mass is 9.99. The molecule has 0 aliphatic carbocycles. The highest BCUT2D eigenvalue weighted by atomic mass is 35.5. The molecule has 0 aliphatic heterocycles. The number of halogens is 5. The van der Waals surface area contributed by atoms with Gasteiger partial charge in [-0.05, 0) is 35.9 Å². The molecule has 1 nitrogen and oxygen atoms in total. The van der Waals surface area contributed by atoms with E-state index in [4.69, 9.17) is 27.9 Å². The van der Waals surface area contributed by atoms with Gasteiger partial charge in [-0.15, -0.1) is 0 Å². The molecule has 0 unspecified atom stereocenters. The lowest BCUT2D eigenvalue weighted by molar-refractivity contribution is -0.137. The third kappa shape index (κ3) is 3.02. The Bertz CT molecular complexity index is 639. The Morgan fingerprint density at radius 1 is 0.950 bits per heavy atom. The van der Waals surface area contributed by atoms with Crippen molar-refractivity contribution in [3.63, 3.8) is 0 Å². The Morgan fingerprint density at radius 2 is 1.65 bits per heavy atom. The van der Waals surface area contributed by atoms with Gasteiger partial charge in [0, 0.05) is 15.6 Å². The molecule has 0 saturated heterocycles. The summed E-state index contributed by atoms with van der Waals surface area (Å²) in [6.07, 6.45) is -4.52. The van der Waals surface area contributed by atoms with Crippen molar-refractivity contribution in [2.24, 2.45) is 0 Å². The molecule has 0 atom stereocenters. The summed E-state index contributed by atoms with van der Waals surface area (Å²) in [5.41, 5.74) is -0.624. The molecule has 6 heteroatoms. The van der Waals surface area contributed by atoms with Crippen LogP contribution in [0.3, 0.4) is 0 Å². The highest BCUT2D eigenvalue weighted by Gasteiger charge is 2.34. The topological polar surface area (TPSA) is 9.23 Å². The van der Waals surface area contributed by atoms with Crippen LogP contribution >= 0.6 is 23.2 Å². The van der Waals surface area contributed by atoms with E-state index < -0.39 is 11.7 Å². The third-order valence-corrected chi connectivity index (χ3v) is 3.32. The van der Waals surface area contributed by atoms with Gasteiger partial charge >= 0.3 is 6.18 Å². The number of rotatable bonds is 2. The lowest BCUT2D eigenvalue weighted by Gasteiger charge is -2.15. The van der Waals surface area contributed by atoms with Crippen molar-refractivity contribution in [2.45, 2.75) is 6.18 Å². The van der Waals surface area contributed by atoms with Gasteiger partial charge in [0.25, 0.3) is 0 Å². The summed E-state index contributed by atoms with van der Waals surface area (Å²) in [5, 5.41) is 0.512. The van der Waals surface area contributed by atoms with E-state index in [0.717, 1.165) is 6.07 Å². The van der Waals surface area contributed by atoms with Gasteiger partial charge in [0.2, 0.25) is 0 Å². The van der Waals surface area contributed by atoms with Gasteiger partial charge in [-0.25, -0.2) is 0 Å². The van der Waals surface area contributed by atoms with Gasteiger partial charge in [-0.2, -0.15) is 13.2 Å². The Morgan fingerprint density at radius 3 is 2.25 bits per heavy atom. The van der Waals surface area contributed by atoms with Crippen LogP contribution in [-0.2, 0) is 6.18 Å². The van der Waals surface area contributed by atoms with Crippen LogP contribution in [0.15, 0.2) is 36.4 Å². The van der Waals surface area contributed by atoms with Crippen LogP contribution in [0.1, 0.15) is 5.56 Å². The van der Waals surface area contributed by atoms with Crippen LogP contribution in [0.5, 0.6) is 5.75 Å². The quantitative estimate of drug-likeness (QED) is 0.690. The summed E-state index contributed by atoms with van der Waals surface area (Å²) in [4.78, 5) is 0. The number of hydrogen-bond acceptors (Lipinski definition) is 1. The first-order valence-corrected chi connectivity index (χ1v) is 6.29. The molecule has 2 aromatic rings. The smallest absolute Gasteiger partial charge is 0.417 e. The minimum Gasteiger partial charge on any atom is -0.497 e. The van der Waals surface area contributed by atoms with Crippen LogP contribution in [-0.4, -0.2) is 7.11 Å². The number of alkyl halides is 3. The molecular formula is C14H9Cl2F3O. The van der Waals surface area contributed by atoms with E-state index in [1.54, 1.807) is 0 Å². The molecule has 0 aromatic heterocycles. The predicted octanol–water partition coefficient (Wildman–Crippen LogP) is 5.69. The van der Waals surface area contributed by atoms with Crippen molar-refractivity contribution in [3.8, 4) is 16.9 Å². The van der Waals surface area contributed by atoms with Crippen LogP contribution in [0.2, 0.25) is 10.0 Å². The highest BCUT2D eigenvalue weighted by Crippen LogP contribution is 2.41. The van der Waals surface area contributed by atoms with E-state index in [1.165, 1.54) is 37.4 Å². The summed E-state index contributed by atoms with van der Waals surface area (Å²) in [6, 6.07) is 8.09. The normalized spacial score (nSPS) is 11.5. The number of ether oxygens (including phenoxy) is 1. The fourth-order valence-electron chi connectivity index (χ4n) is 1.82. The fraction of sp³-hybridized carbons (Fsp3) is 0.143. The maximum atomic E-state index is 13.2. The molecule has 106 valence electrons. The zero-order valence-electron chi connectivity index (χ0n) is 10.3. The third-order valence-electron chi connectivity index (χ3n) is 2.75. The Kier molecular flexibility index (Phi) is 4.16. The molecule has 0 N–H and O–H groups in total. The number of benzene rings is 2. The van der Waals surface area contributed by atoms with Gasteiger partial charge < -0.3 is 4.74 Å². The summed E-state index contributed by atoms with van der Waals surface area (Å²) in [5.74, 6) is 0.124. The van der Waals surface area contributed by atoms with Crippen molar-refractivity contribution >= 4 is 23.2 Å². The van der Waals surface area contributed by atoms with E-state index in [-0.39, 0.29) is 21.9 Å². The van der Waals surface area contributed by atoms with Crippen LogP contribution < -0.4 is 4.74 Å². The average molecular weight is 321 g/mol. The number of hydrogen-bond donors (Lipinski definition) is 0. The molecule has 2 aromatic carbocycles. The van der Waals surface area contributed by atoms with Crippen LogP contribution in [0, 0.1) is 0 Å². The van der Waals surface area contributed by atoms with Gasteiger partial charge in [-0.1, -0.05) is 29.3 Å². The van der Waals surface area contributed by atoms with Crippen molar-refractivity contribution in [1.82, 2.24) is 0 Å². The molecule has 2 rings (SSSR count). The first kappa shape index (κ1) is 15.0. The summed E-state index contributed by atoms with van der Waals surface area (Å²) >= 11 is 11.8. The predicted molar refractivity (Wildman–Crippen MR) is 73.5 cm³/mol. The molecule has 20 heavy (non-hydrogen) atoms. The Labute approximate surface area is 123 Å². The second-order valence-electron chi connectivity index (χ2n) is 4.03. The Balaban J connectivity index is 2.70. The average Bonchev–Trinajstić information content (AvgIpc) is 2.40. The van der Waals surface area contributed by atoms with E-state index >= 15 is 0 Å². The second-order valence-corrected chi connectivity index (χ2v) is 4.88. The standard InChI is InChI=1S/C14H9Cl2F3O/c1-20-9-3-4-10(12(7-9)14(17,18)19)11-6-8(15)2-5-13(11)16/h2-7H,1H3. The number of methoxy groups -OCH3 is 1. The largest absolute Gasteiger partial charge is 0.497 e. The minimum atomic E-state index is -4.52. The first-order chi connectivity index (χ1) is 9.32. The second kappa shape index (κ2) is 5.54. The van der Waals surface area contributed by atoms with Crippen molar-refractivity contribution < 1.29 is 17.9 Å². The summed E-state index contributed by atoms with van der Waals surface area (Å²) < 4.78 is 44.3. The maximum Gasteiger partial charge on any atom is 0.417 e. The van der Waals surface area contributed by atoms with Crippen molar-refractivity contribution in [1.29, 1.82) is 0 Å². The van der Waals surface area contributed by atoms with Crippen LogP contribution in [0.4, 0.5) is 13.2 Å². The first-order valence-electron chi connectivity index (χ1n) is 5.53. The SMILES string of the molecule is COc1ccc(-c2cc(Cl)ccc2Cl)c(C(F)(F)F)c1. The van der Waals surface area contributed by atoms with Crippen LogP contribution in [0.25, 0.3) is 11.1 Å². The van der Waals surface area contributed by atoms with E-state index in [2.05, 4.69) is 0 Å². The summed E-state index contributed by atoms with van der Waals surface area (Å²) in [7, 11) is 1.31. The molecule has 0 saturated carbocycles. The Hall–Kier alpha value is -1.39. The van der Waals surface area contributed by atoms with Crippen molar-refractivity contribution in [3.05, 3.63) is 52.0 Å². The summed E-state index contributed by atoms with van der Waals surface area (Å²) in [6.45, 7) is 0. The van der Waals surface area contributed by atoms with Gasteiger partial charge in [0.1, 0.15) is 5.75 Å². The van der Waals surface area contributed by atoms with E-state index in [9.17, 15) is 13.2 Å². The maximum absolute atomic E-state index is 13.2. The minimum absolute atomic E-state index is 0.0363.